The van der Waals surface area contributed by atoms with Crippen LogP contribution in [0.3, 0.4) is 0 Å². The lowest BCUT2D eigenvalue weighted by atomic mass is 9.97. The van der Waals surface area contributed by atoms with Crippen molar-refractivity contribution in [3.63, 3.8) is 0 Å². The van der Waals surface area contributed by atoms with Crippen LogP contribution in [0.1, 0.15) is 38.1 Å². The lowest BCUT2D eigenvalue weighted by Crippen LogP contribution is -2.30. The van der Waals surface area contributed by atoms with Crippen LogP contribution in [-0.2, 0) is 4.74 Å². The van der Waals surface area contributed by atoms with Gasteiger partial charge in [-0.15, -0.1) is 0 Å². The molecule has 5 rings (SSSR count). The SMILES string of the molecule is COC(=O)c1ccc(C2c3c(oc4ccc(Br)cc4c3=O)C(=O)N2c2ccccn2)cc1. The van der Waals surface area contributed by atoms with Gasteiger partial charge in [-0.05, 0) is 48.0 Å². The van der Waals surface area contributed by atoms with Gasteiger partial charge in [0.2, 0.25) is 5.76 Å². The van der Waals surface area contributed by atoms with E-state index >= 15 is 0 Å². The number of carbonyl (C=O) groups is 2. The molecule has 0 spiro atoms. The summed E-state index contributed by atoms with van der Waals surface area (Å²) in [5.74, 6) is -0.563. The number of benzene rings is 2. The second-order valence-corrected chi connectivity index (χ2v) is 8.11. The van der Waals surface area contributed by atoms with Crippen molar-refractivity contribution in [2.75, 3.05) is 12.0 Å². The van der Waals surface area contributed by atoms with E-state index in [1.165, 1.54) is 12.0 Å². The highest BCUT2D eigenvalue weighted by Gasteiger charge is 2.44. The normalized spacial score (nSPS) is 15.1. The number of nitrogens with zero attached hydrogens (tertiary/aromatic N) is 2. The summed E-state index contributed by atoms with van der Waals surface area (Å²) in [5.41, 5.74) is 1.26. The van der Waals surface area contributed by atoms with E-state index in [4.69, 9.17) is 9.15 Å². The first-order valence-corrected chi connectivity index (χ1v) is 10.5. The Kier molecular flexibility index (Phi) is 4.86. The summed E-state index contributed by atoms with van der Waals surface area (Å²) in [7, 11) is 1.30. The quantitative estimate of drug-likeness (QED) is 0.393. The van der Waals surface area contributed by atoms with Gasteiger partial charge >= 0.3 is 5.97 Å². The maximum Gasteiger partial charge on any atom is 0.337 e. The molecule has 32 heavy (non-hydrogen) atoms. The number of hydrogen-bond donors (Lipinski definition) is 0. The van der Waals surface area contributed by atoms with Crippen molar-refractivity contribution in [2.24, 2.45) is 0 Å². The number of aromatic nitrogens is 1. The molecule has 8 heteroatoms. The Morgan fingerprint density at radius 2 is 1.88 bits per heavy atom. The summed E-state index contributed by atoms with van der Waals surface area (Å²) in [6, 6.07) is 16.1. The van der Waals surface area contributed by atoms with Crippen molar-refractivity contribution in [2.45, 2.75) is 6.04 Å². The molecule has 0 fully saturated rings. The van der Waals surface area contributed by atoms with E-state index in [0.717, 1.165) is 4.47 Å². The van der Waals surface area contributed by atoms with E-state index < -0.39 is 17.9 Å². The average Bonchev–Trinajstić information content (AvgIpc) is 3.12. The largest absolute Gasteiger partial charge is 0.465 e. The number of halogens is 1. The average molecular weight is 491 g/mol. The number of hydrogen-bond acceptors (Lipinski definition) is 6. The molecule has 0 N–H and O–H groups in total. The molecule has 2 aromatic carbocycles. The Morgan fingerprint density at radius 1 is 1.09 bits per heavy atom. The van der Waals surface area contributed by atoms with Crippen LogP contribution in [0, 0.1) is 0 Å². The molecule has 0 saturated heterocycles. The number of pyridine rings is 1. The van der Waals surface area contributed by atoms with Gasteiger partial charge in [0.15, 0.2) is 5.43 Å². The molecule has 1 aliphatic heterocycles. The van der Waals surface area contributed by atoms with Gasteiger partial charge in [-0.1, -0.05) is 34.1 Å². The van der Waals surface area contributed by atoms with E-state index in [1.807, 2.05) is 0 Å². The van der Waals surface area contributed by atoms with Crippen LogP contribution in [0.15, 0.2) is 80.5 Å². The van der Waals surface area contributed by atoms with Crippen molar-refractivity contribution in [3.8, 4) is 0 Å². The van der Waals surface area contributed by atoms with Crippen LogP contribution >= 0.6 is 15.9 Å². The highest BCUT2D eigenvalue weighted by molar-refractivity contribution is 9.10. The van der Waals surface area contributed by atoms with Crippen LogP contribution < -0.4 is 10.3 Å². The summed E-state index contributed by atoms with van der Waals surface area (Å²) in [4.78, 5) is 44.6. The Labute approximate surface area is 190 Å². The maximum absolute atomic E-state index is 13.5. The van der Waals surface area contributed by atoms with Crippen LogP contribution in [0.4, 0.5) is 5.82 Å². The summed E-state index contributed by atoms with van der Waals surface area (Å²) in [6.07, 6.45) is 1.58. The third-order valence-corrected chi connectivity index (χ3v) is 5.87. The number of ether oxygens (including phenoxy) is 1. The van der Waals surface area contributed by atoms with E-state index in [1.54, 1.807) is 66.9 Å². The van der Waals surface area contributed by atoms with Crippen molar-refractivity contribution < 1.29 is 18.7 Å². The fourth-order valence-corrected chi connectivity index (χ4v) is 4.27. The van der Waals surface area contributed by atoms with Crippen molar-refractivity contribution in [1.29, 1.82) is 0 Å². The van der Waals surface area contributed by atoms with E-state index in [9.17, 15) is 14.4 Å². The Bertz CT molecular complexity index is 1430. The molecule has 0 aliphatic carbocycles. The lowest BCUT2D eigenvalue weighted by molar-refractivity contribution is 0.0600. The number of methoxy groups -OCH3 is 1. The molecule has 0 radical (unpaired) electrons. The molecule has 158 valence electrons. The monoisotopic (exact) mass is 490 g/mol. The van der Waals surface area contributed by atoms with E-state index in [0.29, 0.717) is 27.9 Å². The summed E-state index contributed by atoms with van der Waals surface area (Å²) < 4.78 is 11.4. The summed E-state index contributed by atoms with van der Waals surface area (Å²) in [5, 5.41) is 0.366. The third-order valence-electron chi connectivity index (χ3n) is 5.38. The molecular formula is C24H15BrN2O5. The fourth-order valence-electron chi connectivity index (χ4n) is 3.91. The number of amides is 1. The van der Waals surface area contributed by atoms with Gasteiger partial charge in [0.25, 0.3) is 5.91 Å². The zero-order valence-electron chi connectivity index (χ0n) is 16.7. The van der Waals surface area contributed by atoms with Crippen molar-refractivity contribution in [3.05, 3.63) is 104 Å². The van der Waals surface area contributed by atoms with Crippen LogP contribution in [0.2, 0.25) is 0 Å². The molecule has 1 atom stereocenters. The maximum atomic E-state index is 13.5. The molecule has 1 aliphatic rings. The van der Waals surface area contributed by atoms with Gasteiger partial charge in [-0.25, -0.2) is 9.78 Å². The summed E-state index contributed by atoms with van der Waals surface area (Å²) >= 11 is 3.38. The molecule has 1 amide bonds. The second kappa shape index (κ2) is 7.72. The minimum atomic E-state index is -0.765. The van der Waals surface area contributed by atoms with Crippen LogP contribution in [0.25, 0.3) is 11.0 Å². The van der Waals surface area contributed by atoms with Crippen molar-refractivity contribution >= 4 is 44.6 Å². The van der Waals surface area contributed by atoms with Crippen LogP contribution in [-0.4, -0.2) is 24.0 Å². The zero-order chi connectivity index (χ0) is 22.4. The van der Waals surface area contributed by atoms with E-state index in [-0.39, 0.29) is 16.8 Å². The summed E-state index contributed by atoms with van der Waals surface area (Å²) in [6.45, 7) is 0. The first-order chi connectivity index (χ1) is 15.5. The molecule has 2 aromatic heterocycles. The standard InChI is InChI=1S/C24H15BrN2O5/c1-31-24(30)14-7-5-13(6-8-14)20-19-21(28)16-12-15(25)9-10-17(16)32-22(19)23(29)27(20)18-4-2-3-11-26-18/h2-12,20H,1H3. The van der Waals surface area contributed by atoms with Gasteiger partial charge in [-0.2, -0.15) is 0 Å². The first kappa shape index (κ1) is 20.1. The van der Waals surface area contributed by atoms with Gasteiger partial charge in [0.05, 0.1) is 29.7 Å². The predicted octanol–water partition coefficient (Wildman–Crippen LogP) is 4.49. The topological polar surface area (TPSA) is 89.7 Å². The van der Waals surface area contributed by atoms with Gasteiger partial charge < -0.3 is 9.15 Å². The van der Waals surface area contributed by atoms with Crippen molar-refractivity contribution in [1.82, 2.24) is 4.98 Å². The zero-order valence-corrected chi connectivity index (χ0v) is 18.3. The lowest BCUT2D eigenvalue weighted by Gasteiger charge is -2.24. The molecule has 1 unspecified atom stereocenters. The molecule has 7 nitrogen and oxygen atoms in total. The van der Waals surface area contributed by atoms with E-state index in [2.05, 4.69) is 20.9 Å². The highest BCUT2D eigenvalue weighted by Crippen LogP contribution is 2.40. The Hall–Kier alpha value is -3.78. The highest BCUT2D eigenvalue weighted by atomic mass is 79.9. The van der Waals surface area contributed by atoms with Gasteiger partial charge in [0, 0.05) is 10.7 Å². The van der Waals surface area contributed by atoms with Gasteiger partial charge in [-0.3, -0.25) is 14.5 Å². The molecule has 0 bridgehead atoms. The fraction of sp³-hybridized carbons (Fsp3) is 0.0833. The smallest absolute Gasteiger partial charge is 0.337 e. The predicted molar refractivity (Wildman–Crippen MR) is 121 cm³/mol. The Balaban J connectivity index is 1.76. The number of esters is 1. The number of rotatable bonds is 3. The molecular weight excluding hydrogens is 476 g/mol. The Morgan fingerprint density at radius 3 is 2.56 bits per heavy atom. The molecule has 3 heterocycles. The number of carbonyl (C=O) groups excluding carboxylic acids is 2. The first-order valence-electron chi connectivity index (χ1n) is 9.68. The molecule has 4 aromatic rings. The molecule has 0 saturated carbocycles. The van der Waals surface area contributed by atoms with Crippen LogP contribution in [0.5, 0.6) is 0 Å². The number of fused-ring (bicyclic) bond motifs is 2. The van der Waals surface area contributed by atoms with Gasteiger partial charge in [0.1, 0.15) is 11.4 Å². The third kappa shape index (κ3) is 3.11. The minimum Gasteiger partial charge on any atom is -0.465 e. The number of anilines is 1. The minimum absolute atomic E-state index is 0.0162. The second-order valence-electron chi connectivity index (χ2n) is 7.19.